The molecule has 0 amide bonds. The van der Waals surface area contributed by atoms with Gasteiger partial charge in [-0.25, -0.2) is 15.0 Å². The van der Waals surface area contributed by atoms with Crippen LogP contribution in [0.4, 0.5) is 5.82 Å². The Balaban J connectivity index is 1.36. The molecule has 0 fully saturated rings. The first kappa shape index (κ1) is 18.4. The SMILES string of the molecule is COc1ccnc(Oc2ccc(CCNc3ncnc4scc(Cl)c34)cc2)n1. The van der Waals surface area contributed by atoms with Gasteiger partial charge in [0.25, 0.3) is 0 Å². The Bertz CT molecular complexity index is 1090. The smallest absolute Gasteiger partial charge is 0.325 e. The highest BCUT2D eigenvalue weighted by atomic mass is 35.5. The van der Waals surface area contributed by atoms with Crippen molar-refractivity contribution in [3.05, 3.63) is 58.8 Å². The highest BCUT2D eigenvalue weighted by Gasteiger charge is 2.09. The first-order valence-corrected chi connectivity index (χ1v) is 9.74. The lowest BCUT2D eigenvalue weighted by Gasteiger charge is -2.08. The molecule has 3 heterocycles. The number of hydrogen-bond donors (Lipinski definition) is 1. The number of thiophene rings is 1. The Kier molecular flexibility index (Phi) is 5.50. The molecule has 0 bridgehead atoms. The number of hydrogen-bond acceptors (Lipinski definition) is 8. The predicted molar refractivity (Wildman–Crippen MR) is 110 cm³/mol. The lowest BCUT2D eigenvalue weighted by Crippen LogP contribution is -2.06. The van der Waals surface area contributed by atoms with E-state index in [0.29, 0.717) is 16.7 Å². The summed E-state index contributed by atoms with van der Waals surface area (Å²) in [6.45, 7) is 0.720. The number of nitrogens with zero attached hydrogens (tertiary/aromatic N) is 4. The largest absolute Gasteiger partial charge is 0.481 e. The standard InChI is InChI=1S/C19H16ClN5O2S/c1-26-15-7-9-22-19(25-15)27-13-4-2-12(3-5-13)6-8-21-17-16-14(20)10-28-18(16)24-11-23-17/h2-5,7,9-11H,6,8H2,1H3,(H,21,23,24). The molecular weight excluding hydrogens is 398 g/mol. The van der Waals surface area contributed by atoms with Crippen LogP contribution in [0.3, 0.4) is 0 Å². The quantitative estimate of drug-likeness (QED) is 0.474. The monoisotopic (exact) mass is 413 g/mol. The van der Waals surface area contributed by atoms with Gasteiger partial charge in [-0.05, 0) is 24.1 Å². The van der Waals surface area contributed by atoms with E-state index in [0.717, 1.165) is 34.6 Å². The third-order valence-electron chi connectivity index (χ3n) is 3.98. The van der Waals surface area contributed by atoms with Crippen molar-refractivity contribution >= 4 is 39.0 Å². The van der Waals surface area contributed by atoms with Gasteiger partial charge in [-0.15, -0.1) is 11.3 Å². The molecule has 28 heavy (non-hydrogen) atoms. The number of aromatic nitrogens is 4. The number of anilines is 1. The third-order valence-corrected chi connectivity index (χ3v) is 5.29. The van der Waals surface area contributed by atoms with Crippen LogP contribution in [0.15, 0.2) is 48.2 Å². The Morgan fingerprint density at radius 1 is 1.11 bits per heavy atom. The molecule has 7 nitrogen and oxygen atoms in total. The highest BCUT2D eigenvalue weighted by Crippen LogP contribution is 2.32. The van der Waals surface area contributed by atoms with Crippen LogP contribution in [0.2, 0.25) is 5.02 Å². The Hall–Kier alpha value is -2.97. The van der Waals surface area contributed by atoms with Gasteiger partial charge in [-0.1, -0.05) is 23.7 Å². The van der Waals surface area contributed by atoms with Crippen molar-refractivity contribution in [2.24, 2.45) is 0 Å². The second-order valence-corrected chi connectivity index (χ2v) is 7.06. The maximum Gasteiger partial charge on any atom is 0.325 e. The molecule has 0 spiro atoms. The molecule has 0 unspecified atom stereocenters. The molecule has 0 saturated heterocycles. The van der Waals surface area contributed by atoms with E-state index in [1.165, 1.54) is 11.3 Å². The fraction of sp³-hybridized carbons (Fsp3) is 0.158. The zero-order valence-electron chi connectivity index (χ0n) is 14.9. The molecule has 3 aromatic heterocycles. The summed E-state index contributed by atoms with van der Waals surface area (Å²) in [5.41, 5.74) is 1.16. The van der Waals surface area contributed by atoms with Crippen LogP contribution in [-0.4, -0.2) is 33.6 Å². The molecule has 142 valence electrons. The van der Waals surface area contributed by atoms with E-state index in [4.69, 9.17) is 21.1 Å². The van der Waals surface area contributed by atoms with Crippen molar-refractivity contribution in [2.75, 3.05) is 19.0 Å². The topological polar surface area (TPSA) is 82.0 Å². The van der Waals surface area contributed by atoms with Crippen LogP contribution in [0, 0.1) is 0 Å². The number of methoxy groups -OCH3 is 1. The highest BCUT2D eigenvalue weighted by molar-refractivity contribution is 7.17. The Morgan fingerprint density at radius 2 is 1.96 bits per heavy atom. The van der Waals surface area contributed by atoms with Crippen LogP contribution >= 0.6 is 22.9 Å². The van der Waals surface area contributed by atoms with E-state index in [2.05, 4.69) is 25.3 Å². The Morgan fingerprint density at radius 3 is 2.79 bits per heavy atom. The van der Waals surface area contributed by atoms with Crippen LogP contribution in [0.5, 0.6) is 17.6 Å². The molecule has 1 aromatic carbocycles. The second-order valence-electron chi connectivity index (χ2n) is 5.79. The van der Waals surface area contributed by atoms with E-state index in [9.17, 15) is 0 Å². The lowest BCUT2D eigenvalue weighted by molar-refractivity contribution is 0.376. The third kappa shape index (κ3) is 4.13. The molecule has 0 radical (unpaired) electrons. The lowest BCUT2D eigenvalue weighted by atomic mass is 10.1. The van der Waals surface area contributed by atoms with Gasteiger partial charge in [-0.2, -0.15) is 4.98 Å². The van der Waals surface area contributed by atoms with Gasteiger partial charge in [0.1, 0.15) is 22.7 Å². The number of ether oxygens (including phenoxy) is 2. The van der Waals surface area contributed by atoms with Crippen molar-refractivity contribution in [2.45, 2.75) is 6.42 Å². The average Bonchev–Trinajstić information content (AvgIpc) is 3.11. The summed E-state index contributed by atoms with van der Waals surface area (Å²) in [7, 11) is 1.55. The zero-order chi connectivity index (χ0) is 19.3. The zero-order valence-corrected chi connectivity index (χ0v) is 16.5. The number of benzene rings is 1. The molecule has 0 aliphatic carbocycles. The fourth-order valence-electron chi connectivity index (χ4n) is 2.62. The molecule has 9 heteroatoms. The summed E-state index contributed by atoms with van der Waals surface area (Å²) in [5, 5.41) is 6.75. The minimum absolute atomic E-state index is 0.245. The van der Waals surface area contributed by atoms with Gasteiger partial charge in [-0.3, -0.25) is 0 Å². The molecular formula is C19H16ClN5O2S. The maximum atomic E-state index is 6.24. The van der Waals surface area contributed by atoms with Gasteiger partial charge >= 0.3 is 6.01 Å². The van der Waals surface area contributed by atoms with Gasteiger partial charge in [0, 0.05) is 24.2 Å². The summed E-state index contributed by atoms with van der Waals surface area (Å²) < 4.78 is 10.7. The number of rotatable bonds is 7. The second kappa shape index (κ2) is 8.37. The van der Waals surface area contributed by atoms with Crippen molar-refractivity contribution in [3.63, 3.8) is 0 Å². The van der Waals surface area contributed by atoms with Gasteiger partial charge < -0.3 is 14.8 Å². The van der Waals surface area contributed by atoms with Gasteiger partial charge in [0.2, 0.25) is 5.88 Å². The molecule has 1 N–H and O–H groups in total. The molecule has 4 aromatic rings. The number of halogens is 1. The van der Waals surface area contributed by atoms with Crippen molar-refractivity contribution in [1.29, 1.82) is 0 Å². The first-order chi connectivity index (χ1) is 13.7. The minimum atomic E-state index is 0.245. The molecule has 0 atom stereocenters. The van der Waals surface area contributed by atoms with Crippen LogP contribution < -0.4 is 14.8 Å². The molecule has 0 saturated carbocycles. The first-order valence-electron chi connectivity index (χ1n) is 8.48. The van der Waals surface area contributed by atoms with E-state index in [1.807, 2.05) is 29.6 Å². The number of nitrogens with one attached hydrogen (secondary N) is 1. The summed E-state index contributed by atoms with van der Waals surface area (Å²) in [4.78, 5) is 17.6. The summed E-state index contributed by atoms with van der Waals surface area (Å²) in [5.74, 6) is 1.87. The van der Waals surface area contributed by atoms with Gasteiger partial charge in [0.15, 0.2) is 0 Å². The van der Waals surface area contributed by atoms with Crippen molar-refractivity contribution < 1.29 is 9.47 Å². The molecule has 4 rings (SSSR count). The van der Waals surface area contributed by atoms with Gasteiger partial charge in [0.05, 0.1) is 17.5 Å². The maximum absolute atomic E-state index is 6.24. The normalized spacial score (nSPS) is 10.8. The van der Waals surface area contributed by atoms with Crippen molar-refractivity contribution in [1.82, 2.24) is 19.9 Å². The van der Waals surface area contributed by atoms with E-state index < -0.39 is 0 Å². The average molecular weight is 414 g/mol. The summed E-state index contributed by atoms with van der Waals surface area (Å²) >= 11 is 7.74. The summed E-state index contributed by atoms with van der Waals surface area (Å²) in [6.07, 6.45) is 3.96. The molecule has 0 aliphatic rings. The van der Waals surface area contributed by atoms with Crippen LogP contribution in [0.1, 0.15) is 5.56 Å². The van der Waals surface area contributed by atoms with Crippen LogP contribution in [-0.2, 0) is 6.42 Å². The van der Waals surface area contributed by atoms with E-state index in [1.54, 1.807) is 25.7 Å². The fourth-order valence-corrected chi connectivity index (χ4v) is 3.75. The van der Waals surface area contributed by atoms with Crippen LogP contribution in [0.25, 0.3) is 10.2 Å². The van der Waals surface area contributed by atoms with E-state index in [-0.39, 0.29) is 6.01 Å². The molecule has 0 aliphatic heterocycles. The van der Waals surface area contributed by atoms with Crippen molar-refractivity contribution in [3.8, 4) is 17.6 Å². The van der Waals surface area contributed by atoms with E-state index >= 15 is 0 Å². The Labute approximate surface area is 170 Å². The summed E-state index contributed by atoms with van der Waals surface area (Å²) in [6, 6.07) is 9.69. The predicted octanol–water partition coefficient (Wildman–Crippen LogP) is 4.59. The minimum Gasteiger partial charge on any atom is -0.481 e. The number of fused-ring (bicyclic) bond motifs is 1.